The lowest BCUT2D eigenvalue weighted by Gasteiger charge is -2.22. The first-order valence-electron chi connectivity index (χ1n) is 8.50. The van der Waals surface area contributed by atoms with E-state index in [0.717, 1.165) is 25.2 Å². The van der Waals surface area contributed by atoms with E-state index < -0.39 is 0 Å². The summed E-state index contributed by atoms with van der Waals surface area (Å²) in [6, 6.07) is 3.45. The number of urea groups is 1. The van der Waals surface area contributed by atoms with Crippen molar-refractivity contribution in [2.45, 2.75) is 31.5 Å². The van der Waals surface area contributed by atoms with E-state index in [-0.39, 0.29) is 18.2 Å². The van der Waals surface area contributed by atoms with E-state index in [9.17, 15) is 4.79 Å². The highest BCUT2D eigenvalue weighted by atomic mass is 16.5. The van der Waals surface area contributed by atoms with Crippen molar-refractivity contribution in [1.29, 1.82) is 0 Å². The van der Waals surface area contributed by atoms with Gasteiger partial charge in [-0.15, -0.1) is 0 Å². The molecule has 3 heterocycles. The third-order valence-corrected chi connectivity index (χ3v) is 4.26. The summed E-state index contributed by atoms with van der Waals surface area (Å²) >= 11 is 0. The SMILES string of the molecule is CN(C)[C@@H](CNC(=O)Nc1cnn(C[C@H]2CCCO2)c1)c1ccco1. The zero-order chi connectivity index (χ0) is 17.6. The molecule has 136 valence electrons. The van der Waals surface area contributed by atoms with Gasteiger partial charge in [0.1, 0.15) is 5.76 Å². The minimum atomic E-state index is -0.268. The zero-order valence-electron chi connectivity index (χ0n) is 14.6. The van der Waals surface area contributed by atoms with Gasteiger partial charge in [0.2, 0.25) is 0 Å². The number of anilines is 1. The molecule has 0 radical (unpaired) electrons. The minimum absolute atomic E-state index is 0.0250. The van der Waals surface area contributed by atoms with Crippen molar-refractivity contribution in [3.63, 3.8) is 0 Å². The Morgan fingerprint density at radius 2 is 2.40 bits per heavy atom. The largest absolute Gasteiger partial charge is 0.468 e. The number of hydrogen-bond donors (Lipinski definition) is 2. The Hall–Kier alpha value is -2.32. The van der Waals surface area contributed by atoms with Gasteiger partial charge in [-0.25, -0.2) is 4.79 Å². The number of ether oxygens (including phenoxy) is 1. The van der Waals surface area contributed by atoms with Crippen LogP contribution in [0.25, 0.3) is 0 Å². The molecule has 25 heavy (non-hydrogen) atoms. The van der Waals surface area contributed by atoms with E-state index in [1.54, 1.807) is 17.1 Å². The number of hydrogen-bond acceptors (Lipinski definition) is 5. The molecule has 2 N–H and O–H groups in total. The number of likely N-dealkylation sites (N-methyl/N-ethyl adjacent to an activating group) is 1. The highest BCUT2D eigenvalue weighted by molar-refractivity contribution is 5.88. The summed E-state index contributed by atoms with van der Waals surface area (Å²) in [5.74, 6) is 0.815. The fourth-order valence-corrected chi connectivity index (χ4v) is 2.91. The smallest absolute Gasteiger partial charge is 0.319 e. The lowest BCUT2D eigenvalue weighted by atomic mass is 10.2. The molecule has 2 aromatic heterocycles. The maximum atomic E-state index is 12.1. The van der Waals surface area contributed by atoms with Crippen LogP contribution in [0.1, 0.15) is 24.6 Å². The molecule has 3 rings (SSSR count). The van der Waals surface area contributed by atoms with E-state index >= 15 is 0 Å². The summed E-state index contributed by atoms with van der Waals surface area (Å²) in [6.45, 7) is 1.98. The Labute approximate surface area is 147 Å². The van der Waals surface area contributed by atoms with Gasteiger partial charge in [0, 0.05) is 19.3 Å². The molecule has 1 fully saturated rings. The van der Waals surface area contributed by atoms with Gasteiger partial charge in [0.05, 0.1) is 36.8 Å². The van der Waals surface area contributed by atoms with Crippen molar-refractivity contribution in [3.8, 4) is 0 Å². The fourth-order valence-electron chi connectivity index (χ4n) is 2.91. The van der Waals surface area contributed by atoms with E-state index in [1.165, 1.54) is 0 Å². The Bertz CT molecular complexity index is 662. The zero-order valence-corrected chi connectivity index (χ0v) is 14.6. The molecule has 2 aromatic rings. The van der Waals surface area contributed by atoms with Gasteiger partial charge in [-0.1, -0.05) is 0 Å². The van der Waals surface area contributed by atoms with Crippen LogP contribution in [-0.2, 0) is 11.3 Å². The van der Waals surface area contributed by atoms with Crippen LogP contribution in [0.15, 0.2) is 35.2 Å². The summed E-state index contributed by atoms with van der Waals surface area (Å²) in [4.78, 5) is 14.1. The summed E-state index contributed by atoms with van der Waals surface area (Å²) in [5.41, 5.74) is 0.662. The van der Waals surface area contributed by atoms with Crippen LogP contribution in [0, 0.1) is 0 Å². The molecule has 1 aliphatic rings. The highest BCUT2D eigenvalue weighted by Gasteiger charge is 2.19. The number of amides is 2. The molecule has 1 saturated heterocycles. The number of furan rings is 1. The van der Waals surface area contributed by atoms with Crippen molar-refractivity contribution < 1.29 is 13.9 Å². The van der Waals surface area contributed by atoms with Crippen molar-refractivity contribution in [2.75, 3.05) is 32.6 Å². The lowest BCUT2D eigenvalue weighted by Crippen LogP contribution is -2.36. The Morgan fingerprint density at radius 3 is 3.08 bits per heavy atom. The van der Waals surface area contributed by atoms with Crippen LogP contribution >= 0.6 is 0 Å². The van der Waals surface area contributed by atoms with Gasteiger partial charge in [-0.05, 0) is 39.1 Å². The average Bonchev–Trinajstić information content (AvgIpc) is 3.31. The Morgan fingerprint density at radius 1 is 1.52 bits per heavy atom. The molecule has 0 aromatic carbocycles. The third kappa shape index (κ3) is 4.83. The summed E-state index contributed by atoms with van der Waals surface area (Å²) in [6.07, 6.45) is 7.47. The van der Waals surface area contributed by atoms with Crippen LogP contribution < -0.4 is 10.6 Å². The first kappa shape index (κ1) is 17.5. The van der Waals surface area contributed by atoms with Crippen molar-refractivity contribution in [1.82, 2.24) is 20.0 Å². The molecular formula is C17H25N5O3. The molecule has 0 bridgehead atoms. The van der Waals surface area contributed by atoms with E-state index in [2.05, 4.69) is 15.7 Å². The molecule has 0 saturated carbocycles. The van der Waals surface area contributed by atoms with Gasteiger partial charge in [0.25, 0.3) is 0 Å². The second-order valence-corrected chi connectivity index (χ2v) is 6.42. The molecule has 8 heteroatoms. The standard InChI is InChI=1S/C17H25N5O3/c1-21(2)15(16-6-4-8-25-16)10-18-17(23)20-13-9-19-22(11-13)12-14-5-3-7-24-14/h4,6,8-9,11,14-15H,3,5,7,10,12H2,1-2H3,(H2,18,20,23)/t14-,15+/m1/s1. The van der Waals surface area contributed by atoms with Crippen LogP contribution in [0.4, 0.5) is 10.5 Å². The number of carbonyl (C=O) groups excluding carboxylic acids is 1. The monoisotopic (exact) mass is 347 g/mol. The maximum absolute atomic E-state index is 12.1. The normalized spacial score (nSPS) is 18.4. The van der Waals surface area contributed by atoms with Gasteiger partial charge < -0.3 is 19.8 Å². The van der Waals surface area contributed by atoms with Crippen LogP contribution in [0.3, 0.4) is 0 Å². The predicted octanol–water partition coefficient (Wildman–Crippen LogP) is 2.08. The molecule has 0 unspecified atom stereocenters. The van der Waals surface area contributed by atoms with Gasteiger partial charge in [-0.2, -0.15) is 5.10 Å². The molecule has 0 aliphatic carbocycles. The molecule has 0 spiro atoms. The molecule has 8 nitrogen and oxygen atoms in total. The Balaban J connectivity index is 1.48. The summed E-state index contributed by atoms with van der Waals surface area (Å²) < 4.78 is 12.8. The number of nitrogens with one attached hydrogen (secondary N) is 2. The maximum Gasteiger partial charge on any atom is 0.319 e. The quantitative estimate of drug-likeness (QED) is 0.801. The van der Waals surface area contributed by atoms with Crippen LogP contribution in [0.5, 0.6) is 0 Å². The molecular weight excluding hydrogens is 322 g/mol. The molecule has 2 atom stereocenters. The number of nitrogens with zero attached hydrogens (tertiary/aromatic N) is 3. The topological polar surface area (TPSA) is 84.6 Å². The first-order valence-corrected chi connectivity index (χ1v) is 8.50. The van der Waals surface area contributed by atoms with E-state index in [1.807, 2.05) is 37.3 Å². The molecule has 2 amide bonds. The number of aromatic nitrogens is 2. The number of rotatable bonds is 7. The van der Waals surface area contributed by atoms with Gasteiger partial charge in [-0.3, -0.25) is 9.58 Å². The van der Waals surface area contributed by atoms with Gasteiger partial charge >= 0.3 is 6.03 Å². The van der Waals surface area contributed by atoms with Crippen molar-refractivity contribution >= 4 is 11.7 Å². The van der Waals surface area contributed by atoms with Crippen molar-refractivity contribution in [3.05, 3.63) is 36.5 Å². The van der Waals surface area contributed by atoms with Gasteiger partial charge in [0.15, 0.2) is 0 Å². The fraction of sp³-hybridized carbons (Fsp3) is 0.529. The predicted molar refractivity (Wildman–Crippen MR) is 93.4 cm³/mol. The minimum Gasteiger partial charge on any atom is -0.468 e. The third-order valence-electron chi connectivity index (χ3n) is 4.26. The van der Waals surface area contributed by atoms with Crippen LogP contribution in [0.2, 0.25) is 0 Å². The number of carbonyl (C=O) groups is 1. The van der Waals surface area contributed by atoms with Crippen molar-refractivity contribution in [2.24, 2.45) is 0 Å². The average molecular weight is 347 g/mol. The highest BCUT2D eigenvalue weighted by Crippen LogP contribution is 2.18. The lowest BCUT2D eigenvalue weighted by molar-refractivity contribution is 0.0940. The van der Waals surface area contributed by atoms with Crippen LogP contribution in [-0.4, -0.2) is 54.1 Å². The van der Waals surface area contributed by atoms with E-state index in [0.29, 0.717) is 18.8 Å². The second-order valence-electron chi connectivity index (χ2n) is 6.42. The Kier molecular flexibility index (Phi) is 5.72. The van der Waals surface area contributed by atoms with E-state index in [4.69, 9.17) is 9.15 Å². The second kappa shape index (κ2) is 8.17. The summed E-state index contributed by atoms with van der Waals surface area (Å²) in [5, 5.41) is 9.94. The first-order chi connectivity index (χ1) is 12.1. The summed E-state index contributed by atoms with van der Waals surface area (Å²) in [7, 11) is 3.89. The molecule has 1 aliphatic heterocycles.